The fraction of sp³-hybridized carbons (Fsp3) is 0.441. The summed E-state index contributed by atoms with van der Waals surface area (Å²) in [4.78, 5) is 41.5. The molecule has 0 aromatic heterocycles. The molecule has 7 heteroatoms. The molecule has 3 rings (SSSR count). The Morgan fingerprint density at radius 1 is 1.00 bits per heavy atom. The summed E-state index contributed by atoms with van der Waals surface area (Å²) in [6.45, 7) is 11.8. The molecule has 2 amide bonds. The Morgan fingerprint density at radius 2 is 1.63 bits per heavy atom. The molecule has 2 aromatic rings. The van der Waals surface area contributed by atoms with Crippen molar-refractivity contribution >= 4 is 17.8 Å². The number of allylic oxidation sites excluding steroid dienone is 2. The van der Waals surface area contributed by atoms with Gasteiger partial charge in [-0.05, 0) is 48.3 Å². The van der Waals surface area contributed by atoms with Crippen LogP contribution in [0.5, 0.6) is 0 Å². The number of esters is 1. The van der Waals surface area contributed by atoms with Crippen LogP contribution in [0.2, 0.25) is 0 Å². The molecular formula is C34H44N2O5. The first kappa shape index (κ1) is 31.8. The van der Waals surface area contributed by atoms with Crippen molar-refractivity contribution in [3.63, 3.8) is 0 Å². The molecule has 1 heterocycles. The van der Waals surface area contributed by atoms with Crippen molar-refractivity contribution in [1.82, 2.24) is 10.2 Å². The van der Waals surface area contributed by atoms with Gasteiger partial charge in [0.15, 0.2) is 0 Å². The monoisotopic (exact) mass is 560 g/mol. The number of nitrogens with zero attached hydrogens (tertiary/aromatic N) is 1. The number of hydrogen-bond donors (Lipinski definition) is 2. The molecule has 2 aromatic carbocycles. The minimum atomic E-state index is -0.625. The van der Waals surface area contributed by atoms with E-state index < -0.39 is 12.0 Å². The molecule has 7 nitrogen and oxygen atoms in total. The fourth-order valence-electron chi connectivity index (χ4n) is 5.21. The second kappa shape index (κ2) is 15.9. The average molecular weight is 561 g/mol. The maximum atomic E-state index is 13.4. The van der Waals surface area contributed by atoms with Crippen molar-refractivity contribution in [3.05, 3.63) is 96.6 Å². The van der Waals surface area contributed by atoms with Crippen LogP contribution >= 0.6 is 0 Å². The highest BCUT2D eigenvalue weighted by Gasteiger charge is 2.33. The van der Waals surface area contributed by atoms with E-state index in [-0.39, 0.29) is 55.3 Å². The smallest absolute Gasteiger partial charge is 0.309 e. The van der Waals surface area contributed by atoms with Gasteiger partial charge in [0.2, 0.25) is 11.8 Å². The van der Waals surface area contributed by atoms with Gasteiger partial charge in [0.05, 0.1) is 30.5 Å². The van der Waals surface area contributed by atoms with Crippen LogP contribution in [0.4, 0.5) is 0 Å². The van der Waals surface area contributed by atoms with E-state index in [0.717, 1.165) is 16.7 Å². The molecule has 4 atom stereocenters. The molecule has 1 aliphatic rings. The molecule has 220 valence electrons. The molecule has 0 fully saturated rings. The molecule has 0 saturated carbocycles. The Kier molecular flexibility index (Phi) is 12.3. The zero-order valence-corrected chi connectivity index (χ0v) is 24.3. The van der Waals surface area contributed by atoms with E-state index in [9.17, 15) is 19.5 Å². The first-order chi connectivity index (χ1) is 19.8. The van der Waals surface area contributed by atoms with Gasteiger partial charge in [-0.3, -0.25) is 14.4 Å². The molecule has 0 saturated heterocycles. The van der Waals surface area contributed by atoms with E-state index in [4.69, 9.17) is 4.74 Å². The molecule has 0 bridgehead atoms. The number of carbonyl (C=O) groups excluding carboxylic acids is 3. The largest absolute Gasteiger partial charge is 0.463 e. The van der Waals surface area contributed by atoms with E-state index in [2.05, 4.69) is 18.5 Å². The summed E-state index contributed by atoms with van der Waals surface area (Å²) in [5.41, 5.74) is 3.23. The van der Waals surface area contributed by atoms with Crippen LogP contribution in [0.3, 0.4) is 0 Å². The maximum Gasteiger partial charge on any atom is 0.309 e. The lowest BCUT2D eigenvalue weighted by molar-refractivity contribution is -0.150. The normalized spacial score (nSPS) is 16.7. The Labute approximate surface area is 244 Å². The molecule has 1 aliphatic heterocycles. The van der Waals surface area contributed by atoms with Gasteiger partial charge in [0.25, 0.3) is 0 Å². The molecule has 41 heavy (non-hydrogen) atoms. The fourth-order valence-corrected chi connectivity index (χ4v) is 5.21. The van der Waals surface area contributed by atoms with Gasteiger partial charge < -0.3 is 20.1 Å². The first-order valence-electron chi connectivity index (χ1n) is 14.5. The van der Waals surface area contributed by atoms with Crippen molar-refractivity contribution in [1.29, 1.82) is 0 Å². The number of fused-ring (bicyclic) bond motifs is 1. The Balaban J connectivity index is 1.62. The summed E-state index contributed by atoms with van der Waals surface area (Å²) in [7, 11) is 0. The summed E-state index contributed by atoms with van der Waals surface area (Å²) < 4.78 is 5.71. The summed E-state index contributed by atoms with van der Waals surface area (Å²) in [6, 6.07) is 16.9. The maximum absolute atomic E-state index is 13.4. The van der Waals surface area contributed by atoms with Crippen molar-refractivity contribution in [2.24, 2.45) is 17.8 Å². The van der Waals surface area contributed by atoms with E-state index in [1.807, 2.05) is 68.4 Å². The predicted molar refractivity (Wildman–Crippen MR) is 161 cm³/mol. The van der Waals surface area contributed by atoms with E-state index >= 15 is 0 Å². The van der Waals surface area contributed by atoms with Crippen LogP contribution in [-0.2, 0) is 38.5 Å². The molecular weight excluding hydrogens is 516 g/mol. The second-order valence-corrected chi connectivity index (χ2v) is 11.2. The second-order valence-electron chi connectivity index (χ2n) is 11.2. The van der Waals surface area contributed by atoms with Gasteiger partial charge in [0, 0.05) is 13.0 Å². The van der Waals surface area contributed by atoms with Gasteiger partial charge in [-0.25, -0.2) is 0 Å². The quantitative estimate of drug-likeness (QED) is 0.245. The van der Waals surface area contributed by atoms with Crippen molar-refractivity contribution in [2.75, 3.05) is 13.2 Å². The summed E-state index contributed by atoms with van der Waals surface area (Å²) in [6.07, 6.45) is 5.30. The van der Waals surface area contributed by atoms with E-state index in [0.29, 0.717) is 32.2 Å². The Bertz CT molecular complexity index is 1180. The SMILES string of the molecule is C=CC[C@H](CC(=O)N1Cc2ccccc2C[C@H]1CO)C(=O)N[C@H](COC(=O)[C@@H](CC=C)Cc1ccccc1)C(C)C. The van der Waals surface area contributed by atoms with Gasteiger partial charge >= 0.3 is 5.97 Å². The highest BCUT2D eigenvalue weighted by Crippen LogP contribution is 2.25. The number of ether oxygens (including phenoxy) is 1. The highest BCUT2D eigenvalue weighted by atomic mass is 16.5. The highest BCUT2D eigenvalue weighted by molar-refractivity contribution is 5.86. The number of aliphatic hydroxyl groups is 1. The van der Waals surface area contributed by atoms with Crippen LogP contribution in [0.25, 0.3) is 0 Å². The van der Waals surface area contributed by atoms with Crippen LogP contribution in [0.1, 0.15) is 49.8 Å². The Hall–Kier alpha value is -3.71. The molecule has 0 unspecified atom stereocenters. The van der Waals surface area contributed by atoms with Crippen LogP contribution in [-0.4, -0.2) is 53.1 Å². The van der Waals surface area contributed by atoms with E-state index in [1.54, 1.807) is 17.1 Å². The zero-order chi connectivity index (χ0) is 29.8. The number of carbonyl (C=O) groups is 3. The van der Waals surface area contributed by atoms with Crippen molar-refractivity contribution in [3.8, 4) is 0 Å². The summed E-state index contributed by atoms with van der Waals surface area (Å²) in [5, 5.41) is 13.0. The standard InChI is InChI=1S/C34H44N2O5/c1-5-12-27(20-32(38)36-21-29-17-11-10-16-26(29)19-30(36)22-37)33(39)35-31(24(3)4)23-41-34(40)28(13-6-2)18-25-14-8-7-9-15-25/h5-11,14-17,24,27-28,30-31,37H,1-2,12-13,18-23H2,3-4H3,(H,35,39)/t27-,28+,30+,31-/m1/s1. The van der Waals surface area contributed by atoms with Crippen molar-refractivity contribution in [2.45, 2.75) is 64.6 Å². The molecule has 0 radical (unpaired) electrons. The van der Waals surface area contributed by atoms with Crippen LogP contribution in [0, 0.1) is 17.8 Å². The number of aliphatic hydroxyl groups excluding tert-OH is 1. The Morgan fingerprint density at radius 3 is 2.27 bits per heavy atom. The number of nitrogens with one attached hydrogen (secondary N) is 1. The topological polar surface area (TPSA) is 95.9 Å². The predicted octanol–water partition coefficient (Wildman–Crippen LogP) is 4.63. The minimum absolute atomic E-state index is 0.000389. The van der Waals surface area contributed by atoms with Gasteiger partial charge in [0.1, 0.15) is 6.61 Å². The van der Waals surface area contributed by atoms with Gasteiger partial charge in [-0.2, -0.15) is 0 Å². The number of benzene rings is 2. The molecule has 0 spiro atoms. The third-order valence-electron chi connectivity index (χ3n) is 7.78. The van der Waals surface area contributed by atoms with E-state index in [1.165, 1.54) is 0 Å². The minimum Gasteiger partial charge on any atom is -0.463 e. The van der Waals surface area contributed by atoms with Crippen molar-refractivity contribution < 1.29 is 24.2 Å². The average Bonchev–Trinajstić information content (AvgIpc) is 2.98. The number of hydrogen-bond acceptors (Lipinski definition) is 5. The molecule has 0 aliphatic carbocycles. The lowest BCUT2D eigenvalue weighted by Gasteiger charge is -2.36. The number of rotatable bonds is 15. The third kappa shape index (κ3) is 9.15. The third-order valence-corrected chi connectivity index (χ3v) is 7.78. The lowest BCUT2D eigenvalue weighted by atomic mass is 9.92. The summed E-state index contributed by atoms with van der Waals surface area (Å²) in [5.74, 6) is -1.78. The van der Waals surface area contributed by atoms with Crippen LogP contribution < -0.4 is 5.32 Å². The zero-order valence-electron chi connectivity index (χ0n) is 24.3. The summed E-state index contributed by atoms with van der Waals surface area (Å²) >= 11 is 0. The number of amides is 2. The van der Waals surface area contributed by atoms with Gasteiger partial charge in [-0.1, -0.05) is 80.6 Å². The lowest BCUT2D eigenvalue weighted by Crippen LogP contribution is -2.49. The molecule has 2 N–H and O–H groups in total. The first-order valence-corrected chi connectivity index (χ1v) is 14.5. The van der Waals surface area contributed by atoms with Gasteiger partial charge in [-0.15, -0.1) is 13.2 Å². The van der Waals surface area contributed by atoms with Crippen LogP contribution in [0.15, 0.2) is 79.9 Å².